The molecule has 0 aromatic carbocycles. The molecule has 0 rings (SSSR count). The third-order valence-corrected chi connectivity index (χ3v) is 1.13. The zero-order valence-electron chi connectivity index (χ0n) is 6.97. The van der Waals surface area contributed by atoms with Crippen molar-refractivity contribution in [3.05, 3.63) is 0 Å². The number of amides is 3. The third-order valence-electron chi connectivity index (χ3n) is 1.13. The minimum absolute atomic E-state index is 0.0344. The minimum atomic E-state index is -0.347. The van der Waals surface area contributed by atoms with E-state index in [2.05, 4.69) is 10.6 Å². The lowest BCUT2D eigenvalue weighted by molar-refractivity contribution is -0.127. The smallest absolute Gasteiger partial charge is 0.314 e. The first-order chi connectivity index (χ1) is 5.07. The van der Waals surface area contributed by atoms with Crippen molar-refractivity contribution in [2.75, 3.05) is 27.7 Å². The van der Waals surface area contributed by atoms with Crippen LogP contribution in [-0.2, 0) is 4.79 Å². The van der Waals surface area contributed by atoms with Gasteiger partial charge >= 0.3 is 6.03 Å². The van der Waals surface area contributed by atoms with Crippen LogP contribution in [0.25, 0.3) is 0 Å². The van der Waals surface area contributed by atoms with Gasteiger partial charge in [0.1, 0.15) is 0 Å². The lowest BCUT2D eigenvalue weighted by Gasteiger charge is -2.10. The van der Waals surface area contributed by atoms with Crippen LogP contribution in [0.4, 0.5) is 4.79 Å². The monoisotopic (exact) mass is 159 g/mol. The molecule has 0 aromatic rings. The molecule has 5 nitrogen and oxygen atoms in total. The molecule has 0 aromatic heterocycles. The van der Waals surface area contributed by atoms with Crippen molar-refractivity contribution >= 4 is 11.9 Å². The van der Waals surface area contributed by atoms with Gasteiger partial charge < -0.3 is 15.5 Å². The van der Waals surface area contributed by atoms with Crippen molar-refractivity contribution < 1.29 is 9.59 Å². The summed E-state index contributed by atoms with van der Waals surface area (Å²) in [6.45, 7) is 0.0344. The van der Waals surface area contributed by atoms with E-state index < -0.39 is 0 Å². The van der Waals surface area contributed by atoms with E-state index in [0.29, 0.717) is 0 Å². The van der Waals surface area contributed by atoms with Crippen LogP contribution in [0, 0.1) is 0 Å². The van der Waals surface area contributed by atoms with Crippen molar-refractivity contribution in [2.24, 2.45) is 0 Å². The predicted molar refractivity (Wildman–Crippen MR) is 41.2 cm³/mol. The second kappa shape index (κ2) is 4.54. The average molecular weight is 159 g/mol. The van der Waals surface area contributed by atoms with Crippen LogP contribution in [0.5, 0.6) is 0 Å². The van der Waals surface area contributed by atoms with E-state index in [4.69, 9.17) is 0 Å². The molecule has 0 saturated carbocycles. The van der Waals surface area contributed by atoms with Crippen molar-refractivity contribution in [3.63, 3.8) is 0 Å². The van der Waals surface area contributed by atoms with Gasteiger partial charge in [-0.25, -0.2) is 4.79 Å². The Labute approximate surface area is 65.7 Å². The number of likely N-dealkylation sites (N-methyl/N-ethyl adjacent to an activating group) is 1. The molecule has 5 heteroatoms. The van der Waals surface area contributed by atoms with Crippen LogP contribution in [-0.4, -0.2) is 44.5 Å². The third kappa shape index (κ3) is 4.19. The molecule has 0 atom stereocenters. The Hall–Kier alpha value is -1.26. The second-order valence-corrected chi connectivity index (χ2v) is 2.22. The highest BCUT2D eigenvalue weighted by molar-refractivity contribution is 5.83. The van der Waals surface area contributed by atoms with Crippen LogP contribution < -0.4 is 10.6 Å². The summed E-state index contributed by atoms with van der Waals surface area (Å²) in [4.78, 5) is 22.8. The number of urea groups is 1. The zero-order chi connectivity index (χ0) is 8.85. The van der Waals surface area contributed by atoms with Gasteiger partial charge in [-0.1, -0.05) is 0 Å². The standard InChI is InChI=1S/C6H13N3O2/c1-7-6(11)8-4-5(10)9(2)3/h4H2,1-3H3,(H2,7,8,11). The summed E-state index contributed by atoms with van der Waals surface area (Å²) >= 11 is 0. The normalized spacial score (nSPS) is 8.64. The van der Waals surface area contributed by atoms with Crippen LogP contribution >= 0.6 is 0 Å². The molecule has 0 aliphatic carbocycles. The van der Waals surface area contributed by atoms with Gasteiger partial charge in [-0.3, -0.25) is 4.79 Å². The summed E-state index contributed by atoms with van der Waals surface area (Å²) in [5.41, 5.74) is 0. The molecule has 0 bridgehead atoms. The first-order valence-electron chi connectivity index (χ1n) is 3.23. The van der Waals surface area contributed by atoms with Crippen LogP contribution in [0.3, 0.4) is 0 Å². The minimum Gasteiger partial charge on any atom is -0.347 e. The van der Waals surface area contributed by atoms with Crippen LogP contribution in [0.2, 0.25) is 0 Å². The van der Waals surface area contributed by atoms with Gasteiger partial charge in [-0.2, -0.15) is 0 Å². The molecule has 2 N–H and O–H groups in total. The van der Waals surface area contributed by atoms with Crippen molar-refractivity contribution in [1.29, 1.82) is 0 Å². The molecular weight excluding hydrogens is 146 g/mol. The highest BCUT2D eigenvalue weighted by Crippen LogP contribution is 1.74. The van der Waals surface area contributed by atoms with E-state index in [1.165, 1.54) is 11.9 Å². The van der Waals surface area contributed by atoms with Gasteiger partial charge in [0, 0.05) is 21.1 Å². The molecule has 11 heavy (non-hydrogen) atoms. The van der Waals surface area contributed by atoms with Gasteiger partial charge in [0.25, 0.3) is 0 Å². The molecule has 0 unspecified atom stereocenters. The molecule has 0 aliphatic rings. The molecule has 0 heterocycles. The highest BCUT2D eigenvalue weighted by atomic mass is 16.2. The summed E-state index contributed by atoms with van der Waals surface area (Å²) in [7, 11) is 4.76. The van der Waals surface area contributed by atoms with E-state index in [-0.39, 0.29) is 18.5 Å². The summed E-state index contributed by atoms with van der Waals surface area (Å²) in [6.07, 6.45) is 0. The summed E-state index contributed by atoms with van der Waals surface area (Å²) in [5.74, 6) is -0.131. The first-order valence-corrected chi connectivity index (χ1v) is 3.23. The Kier molecular flexibility index (Phi) is 4.02. The molecular formula is C6H13N3O2. The lowest BCUT2D eigenvalue weighted by atomic mass is 10.5. The molecule has 0 spiro atoms. The number of hydrogen-bond donors (Lipinski definition) is 2. The Morgan fingerprint density at radius 3 is 2.27 bits per heavy atom. The van der Waals surface area contributed by atoms with E-state index in [0.717, 1.165) is 0 Å². The Bertz CT molecular complexity index is 156. The SMILES string of the molecule is CNC(=O)NCC(=O)N(C)C. The van der Waals surface area contributed by atoms with Crippen molar-refractivity contribution in [2.45, 2.75) is 0 Å². The van der Waals surface area contributed by atoms with E-state index in [9.17, 15) is 9.59 Å². The van der Waals surface area contributed by atoms with Gasteiger partial charge in [0.2, 0.25) is 5.91 Å². The maximum atomic E-state index is 10.8. The van der Waals surface area contributed by atoms with Crippen molar-refractivity contribution in [3.8, 4) is 0 Å². The van der Waals surface area contributed by atoms with Gasteiger partial charge in [0.15, 0.2) is 0 Å². The molecule has 64 valence electrons. The highest BCUT2D eigenvalue weighted by Gasteiger charge is 2.04. The maximum absolute atomic E-state index is 10.8. The van der Waals surface area contributed by atoms with Crippen LogP contribution in [0.1, 0.15) is 0 Å². The molecule has 0 fully saturated rings. The summed E-state index contributed by atoms with van der Waals surface area (Å²) in [6, 6.07) is -0.347. The predicted octanol–water partition coefficient (Wildman–Crippen LogP) is -0.996. The maximum Gasteiger partial charge on any atom is 0.314 e. The number of nitrogens with one attached hydrogen (secondary N) is 2. The Balaban J connectivity index is 3.54. The fraction of sp³-hybridized carbons (Fsp3) is 0.667. The quantitative estimate of drug-likeness (QED) is 0.543. The Morgan fingerprint density at radius 2 is 1.91 bits per heavy atom. The number of carbonyl (C=O) groups excluding carboxylic acids is 2. The number of hydrogen-bond acceptors (Lipinski definition) is 2. The number of carbonyl (C=O) groups is 2. The molecule has 3 amide bonds. The van der Waals surface area contributed by atoms with Gasteiger partial charge in [0.05, 0.1) is 6.54 Å². The number of rotatable bonds is 2. The summed E-state index contributed by atoms with van der Waals surface area (Å²) in [5, 5.41) is 4.71. The van der Waals surface area contributed by atoms with Gasteiger partial charge in [-0.05, 0) is 0 Å². The van der Waals surface area contributed by atoms with Gasteiger partial charge in [-0.15, -0.1) is 0 Å². The van der Waals surface area contributed by atoms with E-state index in [1.54, 1.807) is 14.1 Å². The zero-order valence-corrected chi connectivity index (χ0v) is 6.97. The van der Waals surface area contributed by atoms with E-state index in [1.807, 2.05) is 0 Å². The first kappa shape index (κ1) is 9.74. The largest absolute Gasteiger partial charge is 0.347 e. The number of nitrogens with zero attached hydrogens (tertiary/aromatic N) is 1. The average Bonchev–Trinajstić information content (AvgIpc) is 1.99. The van der Waals surface area contributed by atoms with Crippen LogP contribution in [0.15, 0.2) is 0 Å². The van der Waals surface area contributed by atoms with E-state index >= 15 is 0 Å². The second-order valence-electron chi connectivity index (χ2n) is 2.22. The fourth-order valence-corrected chi connectivity index (χ4v) is 0.402. The van der Waals surface area contributed by atoms with Crippen molar-refractivity contribution in [1.82, 2.24) is 15.5 Å². The fourth-order valence-electron chi connectivity index (χ4n) is 0.402. The molecule has 0 aliphatic heterocycles. The summed E-state index contributed by atoms with van der Waals surface area (Å²) < 4.78 is 0. The molecule has 0 radical (unpaired) electrons. The lowest BCUT2D eigenvalue weighted by Crippen LogP contribution is -2.40. The topological polar surface area (TPSA) is 61.4 Å². The Morgan fingerprint density at radius 1 is 1.36 bits per heavy atom. The molecule has 0 saturated heterocycles.